The van der Waals surface area contributed by atoms with Crippen molar-refractivity contribution in [2.45, 2.75) is 39.8 Å². The first-order chi connectivity index (χ1) is 5.79. The lowest BCUT2D eigenvalue weighted by Crippen LogP contribution is -2.50. The number of rotatable bonds is 3. The molecule has 3 N–H and O–H groups in total. The van der Waals surface area contributed by atoms with E-state index in [0.29, 0.717) is 0 Å². The van der Waals surface area contributed by atoms with Crippen molar-refractivity contribution in [1.82, 2.24) is 5.32 Å². The Morgan fingerprint density at radius 3 is 2.31 bits per heavy atom. The molecule has 3 nitrogen and oxygen atoms in total. The zero-order valence-electron chi connectivity index (χ0n) is 8.92. The molecule has 0 spiro atoms. The van der Waals surface area contributed by atoms with Crippen LogP contribution in [0.3, 0.4) is 0 Å². The van der Waals surface area contributed by atoms with E-state index in [1.165, 1.54) is 0 Å². The Hall–Kier alpha value is -0.830. The molecule has 0 aromatic rings. The highest BCUT2D eigenvalue weighted by molar-refractivity contribution is 5.82. The van der Waals surface area contributed by atoms with Gasteiger partial charge in [-0.15, -0.1) is 6.58 Å². The van der Waals surface area contributed by atoms with E-state index in [-0.39, 0.29) is 17.4 Å². The van der Waals surface area contributed by atoms with Crippen molar-refractivity contribution in [1.29, 1.82) is 0 Å². The number of nitrogens with one attached hydrogen (secondary N) is 1. The fourth-order valence-corrected chi connectivity index (χ4v) is 0.766. The van der Waals surface area contributed by atoms with E-state index in [4.69, 9.17) is 5.73 Å². The highest BCUT2D eigenvalue weighted by Crippen LogP contribution is 2.17. The Morgan fingerprint density at radius 2 is 2.00 bits per heavy atom. The van der Waals surface area contributed by atoms with Gasteiger partial charge in [-0.05, 0) is 12.3 Å². The highest BCUT2D eigenvalue weighted by atomic mass is 16.2. The topological polar surface area (TPSA) is 55.1 Å². The predicted molar refractivity (Wildman–Crippen MR) is 55.2 cm³/mol. The van der Waals surface area contributed by atoms with E-state index in [1.807, 2.05) is 27.7 Å². The molecular formula is C10H20N2O. The Morgan fingerprint density at radius 1 is 1.54 bits per heavy atom. The van der Waals surface area contributed by atoms with Gasteiger partial charge in [0.1, 0.15) is 0 Å². The number of carbonyl (C=O) groups excluding carboxylic acids is 1. The van der Waals surface area contributed by atoms with E-state index in [9.17, 15) is 4.79 Å². The molecule has 1 amide bonds. The van der Waals surface area contributed by atoms with Crippen LogP contribution in [-0.4, -0.2) is 18.0 Å². The zero-order chi connectivity index (χ0) is 10.6. The van der Waals surface area contributed by atoms with Crippen LogP contribution in [0, 0.1) is 5.41 Å². The van der Waals surface area contributed by atoms with Crippen LogP contribution in [0.15, 0.2) is 12.7 Å². The van der Waals surface area contributed by atoms with Gasteiger partial charge in [-0.1, -0.05) is 26.8 Å². The maximum absolute atomic E-state index is 11.5. The second-order valence-electron chi connectivity index (χ2n) is 4.38. The summed E-state index contributed by atoms with van der Waals surface area (Å²) in [6.07, 6.45) is 1.67. The lowest BCUT2D eigenvalue weighted by Gasteiger charge is -2.26. The quantitative estimate of drug-likeness (QED) is 0.644. The summed E-state index contributed by atoms with van der Waals surface area (Å²) < 4.78 is 0. The molecular weight excluding hydrogens is 164 g/mol. The predicted octanol–water partition coefficient (Wildman–Crippen LogP) is 1.05. The van der Waals surface area contributed by atoms with E-state index >= 15 is 0 Å². The van der Waals surface area contributed by atoms with Crippen LogP contribution in [0.4, 0.5) is 0 Å². The fraction of sp³-hybridized carbons (Fsp3) is 0.700. The van der Waals surface area contributed by atoms with Crippen LogP contribution in [0.2, 0.25) is 0 Å². The molecule has 3 heteroatoms. The van der Waals surface area contributed by atoms with Gasteiger partial charge in [-0.3, -0.25) is 4.79 Å². The van der Waals surface area contributed by atoms with Gasteiger partial charge in [-0.25, -0.2) is 0 Å². The van der Waals surface area contributed by atoms with E-state index in [2.05, 4.69) is 11.9 Å². The van der Waals surface area contributed by atoms with E-state index in [0.717, 1.165) is 0 Å². The van der Waals surface area contributed by atoms with Crippen LogP contribution >= 0.6 is 0 Å². The Labute approximate surface area is 80.4 Å². The Balaban J connectivity index is 4.20. The first-order valence-corrected chi connectivity index (χ1v) is 4.47. The normalized spacial score (nSPS) is 16.1. The van der Waals surface area contributed by atoms with Crippen molar-refractivity contribution in [2.24, 2.45) is 11.1 Å². The minimum Gasteiger partial charge on any atom is -0.349 e. The van der Waals surface area contributed by atoms with Crippen molar-refractivity contribution < 1.29 is 4.79 Å². The minimum absolute atomic E-state index is 0.0269. The molecule has 0 aliphatic heterocycles. The van der Waals surface area contributed by atoms with Gasteiger partial charge in [-0.2, -0.15) is 0 Å². The summed E-state index contributed by atoms with van der Waals surface area (Å²) in [5.41, 5.74) is 5.55. The summed E-state index contributed by atoms with van der Waals surface area (Å²) in [7, 11) is 0. The summed E-state index contributed by atoms with van der Waals surface area (Å²) in [6.45, 7) is 11.3. The second kappa shape index (κ2) is 4.42. The van der Waals surface area contributed by atoms with Gasteiger partial charge in [0.25, 0.3) is 0 Å². The van der Waals surface area contributed by atoms with Crippen molar-refractivity contribution >= 4 is 5.91 Å². The maximum Gasteiger partial charge on any atom is 0.237 e. The van der Waals surface area contributed by atoms with Crippen molar-refractivity contribution in [2.75, 3.05) is 0 Å². The molecule has 2 unspecified atom stereocenters. The molecule has 0 aliphatic carbocycles. The number of nitrogens with two attached hydrogens (primary N) is 1. The molecule has 2 atom stereocenters. The van der Waals surface area contributed by atoms with Crippen LogP contribution < -0.4 is 11.1 Å². The maximum atomic E-state index is 11.5. The van der Waals surface area contributed by atoms with Crippen LogP contribution in [-0.2, 0) is 4.79 Å². The first kappa shape index (κ1) is 12.2. The molecule has 0 fully saturated rings. The smallest absolute Gasteiger partial charge is 0.237 e. The summed E-state index contributed by atoms with van der Waals surface area (Å²) in [6, 6.07) is -0.504. The molecule has 0 radical (unpaired) electrons. The molecule has 13 heavy (non-hydrogen) atoms. The third-order valence-electron chi connectivity index (χ3n) is 1.94. The average molecular weight is 184 g/mol. The van der Waals surface area contributed by atoms with Crippen molar-refractivity contribution in [3.8, 4) is 0 Å². The highest BCUT2D eigenvalue weighted by Gasteiger charge is 2.27. The monoisotopic (exact) mass is 184 g/mol. The molecule has 0 aromatic heterocycles. The Bertz CT molecular complexity index is 194. The molecule has 0 bridgehead atoms. The summed E-state index contributed by atoms with van der Waals surface area (Å²) >= 11 is 0. The van der Waals surface area contributed by atoms with Crippen molar-refractivity contribution in [3.63, 3.8) is 0 Å². The lowest BCUT2D eigenvalue weighted by atomic mass is 9.87. The molecule has 0 saturated carbocycles. The SMILES string of the molecule is C=CC(C)NC(=O)C(N)C(C)(C)C. The molecule has 0 aromatic carbocycles. The van der Waals surface area contributed by atoms with Gasteiger partial charge in [0.05, 0.1) is 6.04 Å². The summed E-state index contributed by atoms with van der Waals surface area (Å²) in [5.74, 6) is -0.125. The summed E-state index contributed by atoms with van der Waals surface area (Å²) in [5, 5.41) is 2.75. The number of carbonyl (C=O) groups is 1. The standard InChI is InChI=1S/C10H20N2O/c1-6-7(2)12-9(13)8(11)10(3,4)5/h6-8H,1,11H2,2-5H3,(H,12,13). The van der Waals surface area contributed by atoms with Gasteiger partial charge in [0, 0.05) is 6.04 Å². The van der Waals surface area contributed by atoms with Crippen LogP contribution in [0.5, 0.6) is 0 Å². The van der Waals surface area contributed by atoms with Gasteiger partial charge >= 0.3 is 0 Å². The second-order valence-corrected chi connectivity index (χ2v) is 4.38. The van der Waals surface area contributed by atoms with Crippen LogP contribution in [0.1, 0.15) is 27.7 Å². The lowest BCUT2D eigenvalue weighted by molar-refractivity contribution is -0.124. The van der Waals surface area contributed by atoms with E-state index < -0.39 is 6.04 Å². The molecule has 0 rings (SSSR count). The third kappa shape index (κ3) is 4.08. The number of hydrogen-bond donors (Lipinski definition) is 2. The Kier molecular flexibility index (Phi) is 4.14. The summed E-state index contributed by atoms with van der Waals surface area (Å²) in [4.78, 5) is 11.5. The fourth-order valence-electron chi connectivity index (χ4n) is 0.766. The zero-order valence-corrected chi connectivity index (χ0v) is 8.92. The van der Waals surface area contributed by atoms with Crippen LogP contribution in [0.25, 0.3) is 0 Å². The molecule has 0 heterocycles. The molecule has 76 valence electrons. The molecule has 0 aliphatic rings. The van der Waals surface area contributed by atoms with Gasteiger partial charge < -0.3 is 11.1 Å². The molecule has 0 saturated heterocycles. The van der Waals surface area contributed by atoms with E-state index in [1.54, 1.807) is 6.08 Å². The minimum atomic E-state index is -0.477. The first-order valence-electron chi connectivity index (χ1n) is 4.47. The third-order valence-corrected chi connectivity index (χ3v) is 1.94. The number of amides is 1. The van der Waals surface area contributed by atoms with Gasteiger partial charge in [0.2, 0.25) is 5.91 Å². The largest absolute Gasteiger partial charge is 0.349 e. The average Bonchev–Trinajstić information content (AvgIpc) is 2.01. The van der Waals surface area contributed by atoms with Gasteiger partial charge in [0.15, 0.2) is 0 Å². The van der Waals surface area contributed by atoms with Crippen molar-refractivity contribution in [3.05, 3.63) is 12.7 Å². The number of hydrogen-bond acceptors (Lipinski definition) is 2.